The first-order valence-electron chi connectivity index (χ1n) is 5.74. The van der Waals surface area contributed by atoms with Crippen molar-refractivity contribution in [3.05, 3.63) is 47.4 Å². The second kappa shape index (κ2) is 5.80. The van der Waals surface area contributed by atoms with Crippen molar-refractivity contribution in [2.45, 2.75) is 12.8 Å². The summed E-state index contributed by atoms with van der Waals surface area (Å²) in [7, 11) is 1.55. The molecular formula is C14H14ClNO3. The Balaban J connectivity index is 2.20. The lowest BCUT2D eigenvalue weighted by molar-refractivity contribution is 0.0995. The Morgan fingerprint density at radius 2 is 2.16 bits per heavy atom. The molecule has 5 heteroatoms. The summed E-state index contributed by atoms with van der Waals surface area (Å²) in [6.07, 6.45) is 0. The van der Waals surface area contributed by atoms with Gasteiger partial charge in [-0.3, -0.25) is 4.79 Å². The molecule has 1 aromatic carbocycles. The van der Waals surface area contributed by atoms with E-state index in [2.05, 4.69) is 5.32 Å². The van der Waals surface area contributed by atoms with E-state index in [9.17, 15) is 4.79 Å². The van der Waals surface area contributed by atoms with Gasteiger partial charge in [0.2, 0.25) is 0 Å². The zero-order chi connectivity index (χ0) is 13.8. The second-order valence-electron chi connectivity index (χ2n) is 4.06. The third-order valence-corrected chi connectivity index (χ3v) is 2.88. The number of aryl methyl sites for hydroxylation is 1. The van der Waals surface area contributed by atoms with E-state index >= 15 is 0 Å². The zero-order valence-electron chi connectivity index (χ0n) is 10.7. The highest BCUT2D eigenvalue weighted by molar-refractivity contribution is 6.16. The van der Waals surface area contributed by atoms with Gasteiger partial charge in [-0.1, -0.05) is 6.07 Å². The number of methoxy groups -OCH3 is 1. The number of rotatable bonds is 4. The fourth-order valence-corrected chi connectivity index (χ4v) is 1.82. The van der Waals surface area contributed by atoms with Crippen LogP contribution in [0.25, 0.3) is 0 Å². The Labute approximate surface area is 116 Å². The molecule has 0 aliphatic carbocycles. The van der Waals surface area contributed by atoms with Crippen LogP contribution >= 0.6 is 11.6 Å². The topological polar surface area (TPSA) is 51.5 Å². The van der Waals surface area contributed by atoms with Gasteiger partial charge in [-0.05, 0) is 36.8 Å². The molecule has 0 bridgehead atoms. The molecule has 1 heterocycles. The summed E-state index contributed by atoms with van der Waals surface area (Å²) >= 11 is 5.63. The van der Waals surface area contributed by atoms with Crippen LogP contribution in [-0.4, -0.2) is 13.0 Å². The highest BCUT2D eigenvalue weighted by atomic mass is 35.5. The normalized spacial score (nSPS) is 10.3. The zero-order valence-corrected chi connectivity index (χ0v) is 11.5. The van der Waals surface area contributed by atoms with Crippen molar-refractivity contribution >= 4 is 23.2 Å². The Hall–Kier alpha value is -1.94. The quantitative estimate of drug-likeness (QED) is 0.870. The lowest BCUT2D eigenvalue weighted by Crippen LogP contribution is -2.11. The number of hydrogen-bond donors (Lipinski definition) is 1. The molecular weight excluding hydrogens is 266 g/mol. The highest BCUT2D eigenvalue weighted by Crippen LogP contribution is 2.26. The van der Waals surface area contributed by atoms with Crippen molar-refractivity contribution in [3.8, 4) is 5.75 Å². The van der Waals surface area contributed by atoms with E-state index in [4.69, 9.17) is 20.8 Å². The predicted molar refractivity (Wildman–Crippen MR) is 73.9 cm³/mol. The van der Waals surface area contributed by atoms with E-state index in [1.165, 1.54) is 0 Å². The number of furan rings is 1. The van der Waals surface area contributed by atoms with Gasteiger partial charge in [-0.15, -0.1) is 11.6 Å². The van der Waals surface area contributed by atoms with Gasteiger partial charge in [0.05, 0.1) is 18.7 Å². The molecule has 0 aliphatic heterocycles. The SMILES string of the molecule is COc1ccc(C)cc1NC(=O)c1ccc(CCl)o1. The van der Waals surface area contributed by atoms with Crippen LogP contribution in [-0.2, 0) is 5.88 Å². The maximum atomic E-state index is 12.0. The largest absolute Gasteiger partial charge is 0.495 e. The number of ether oxygens (including phenoxy) is 1. The molecule has 19 heavy (non-hydrogen) atoms. The predicted octanol–water partition coefficient (Wildman–Crippen LogP) is 3.59. The summed E-state index contributed by atoms with van der Waals surface area (Å²) in [5.74, 6) is 1.28. The molecule has 4 nitrogen and oxygen atoms in total. The molecule has 1 amide bonds. The van der Waals surface area contributed by atoms with Crippen LogP contribution < -0.4 is 10.1 Å². The minimum absolute atomic E-state index is 0.221. The number of carbonyl (C=O) groups excluding carboxylic acids is 1. The van der Waals surface area contributed by atoms with Gasteiger partial charge in [0.15, 0.2) is 5.76 Å². The number of benzene rings is 1. The molecule has 0 saturated carbocycles. The van der Waals surface area contributed by atoms with E-state index in [-0.39, 0.29) is 17.5 Å². The molecule has 0 unspecified atom stereocenters. The first-order chi connectivity index (χ1) is 9.13. The average Bonchev–Trinajstić information content (AvgIpc) is 2.88. The average molecular weight is 280 g/mol. The van der Waals surface area contributed by atoms with Crippen molar-refractivity contribution in [1.82, 2.24) is 0 Å². The van der Waals surface area contributed by atoms with Crippen LogP contribution in [0.4, 0.5) is 5.69 Å². The van der Waals surface area contributed by atoms with Crippen LogP contribution in [0.15, 0.2) is 34.7 Å². The minimum Gasteiger partial charge on any atom is -0.495 e. The number of anilines is 1. The van der Waals surface area contributed by atoms with Crippen LogP contribution in [0.2, 0.25) is 0 Å². The maximum absolute atomic E-state index is 12.0. The van der Waals surface area contributed by atoms with Gasteiger partial charge in [0.25, 0.3) is 5.91 Å². The van der Waals surface area contributed by atoms with Gasteiger partial charge in [0.1, 0.15) is 11.5 Å². The number of carbonyl (C=O) groups is 1. The number of nitrogens with one attached hydrogen (secondary N) is 1. The van der Waals surface area contributed by atoms with E-state index in [0.29, 0.717) is 17.2 Å². The van der Waals surface area contributed by atoms with Gasteiger partial charge < -0.3 is 14.5 Å². The molecule has 100 valence electrons. The lowest BCUT2D eigenvalue weighted by atomic mass is 10.2. The highest BCUT2D eigenvalue weighted by Gasteiger charge is 2.13. The fraction of sp³-hybridized carbons (Fsp3) is 0.214. The molecule has 1 N–H and O–H groups in total. The van der Waals surface area contributed by atoms with Crippen molar-refractivity contribution in [2.75, 3.05) is 12.4 Å². The Morgan fingerprint density at radius 1 is 1.37 bits per heavy atom. The molecule has 2 rings (SSSR count). The summed E-state index contributed by atoms with van der Waals surface area (Å²) in [5.41, 5.74) is 1.63. The number of amides is 1. The van der Waals surface area contributed by atoms with Gasteiger partial charge >= 0.3 is 0 Å². The van der Waals surface area contributed by atoms with Crippen LogP contribution in [0.1, 0.15) is 21.9 Å². The molecule has 0 radical (unpaired) electrons. The van der Waals surface area contributed by atoms with Crippen molar-refractivity contribution in [1.29, 1.82) is 0 Å². The van der Waals surface area contributed by atoms with E-state index in [0.717, 1.165) is 5.56 Å². The fourth-order valence-electron chi connectivity index (χ4n) is 1.68. The van der Waals surface area contributed by atoms with Crippen molar-refractivity contribution in [3.63, 3.8) is 0 Å². The summed E-state index contributed by atoms with van der Waals surface area (Å²) < 4.78 is 10.5. The Bertz CT molecular complexity index is 592. The van der Waals surface area contributed by atoms with Crippen LogP contribution in [0.5, 0.6) is 5.75 Å². The summed E-state index contributed by atoms with van der Waals surface area (Å²) in [6.45, 7) is 1.94. The van der Waals surface area contributed by atoms with Crippen molar-refractivity contribution in [2.24, 2.45) is 0 Å². The number of halogens is 1. The summed E-state index contributed by atoms with van der Waals surface area (Å²) in [4.78, 5) is 12.0. The Morgan fingerprint density at radius 3 is 2.79 bits per heavy atom. The summed E-state index contributed by atoms with van der Waals surface area (Å²) in [6, 6.07) is 8.82. The monoisotopic (exact) mass is 279 g/mol. The number of alkyl halides is 1. The Kier molecular flexibility index (Phi) is 4.12. The van der Waals surface area contributed by atoms with E-state index in [1.54, 1.807) is 25.3 Å². The molecule has 0 saturated heterocycles. The second-order valence-corrected chi connectivity index (χ2v) is 4.32. The van der Waals surface area contributed by atoms with Gasteiger partial charge in [-0.2, -0.15) is 0 Å². The maximum Gasteiger partial charge on any atom is 0.291 e. The summed E-state index contributed by atoms with van der Waals surface area (Å²) in [5, 5.41) is 2.76. The van der Waals surface area contributed by atoms with Gasteiger partial charge in [0, 0.05) is 0 Å². The van der Waals surface area contributed by atoms with Crippen molar-refractivity contribution < 1.29 is 13.9 Å². The van der Waals surface area contributed by atoms with Crippen LogP contribution in [0, 0.1) is 6.92 Å². The third kappa shape index (κ3) is 3.09. The minimum atomic E-state index is -0.333. The van der Waals surface area contributed by atoms with E-state index < -0.39 is 0 Å². The molecule has 2 aromatic rings. The third-order valence-electron chi connectivity index (χ3n) is 2.62. The number of hydrogen-bond acceptors (Lipinski definition) is 3. The van der Waals surface area contributed by atoms with Crippen LogP contribution in [0.3, 0.4) is 0 Å². The first-order valence-corrected chi connectivity index (χ1v) is 6.28. The first kappa shape index (κ1) is 13.5. The molecule has 0 atom stereocenters. The van der Waals surface area contributed by atoms with E-state index in [1.807, 2.05) is 19.1 Å². The standard InChI is InChI=1S/C14H14ClNO3/c1-9-3-5-12(18-2)11(7-9)16-14(17)13-6-4-10(8-15)19-13/h3-7H,8H2,1-2H3,(H,16,17). The smallest absolute Gasteiger partial charge is 0.291 e. The lowest BCUT2D eigenvalue weighted by Gasteiger charge is -2.09. The van der Waals surface area contributed by atoms with Gasteiger partial charge in [-0.25, -0.2) is 0 Å². The molecule has 0 spiro atoms. The molecule has 1 aromatic heterocycles. The molecule has 0 aliphatic rings. The molecule has 0 fully saturated rings.